The van der Waals surface area contributed by atoms with E-state index in [2.05, 4.69) is 30.4 Å². The molecule has 61 heavy (non-hydrogen) atoms. The Balaban J connectivity index is 0.768. The number of hydrogen-bond donors (Lipinski definition) is 1. The summed E-state index contributed by atoms with van der Waals surface area (Å²) in [4.78, 5) is 73.0. The van der Waals surface area contributed by atoms with E-state index in [4.69, 9.17) is 14.2 Å². The lowest BCUT2D eigenvalue weighted by molar-refractivity contribution is -0.136. The summed E-state index contributed by atoms with van der Waals surface area (Å²) in [5.74, 6) is -0.606. The van der Waals surface area contributed by atoms with E-state index in [0.717, 1.165) is 88.6 Å². The number of imide groups is 2. The number of carbonyl (C=O) groups excluding carboxylic acids is 4. The topological polar surface area (TPSA) is 183 Å². The maximum absolute atomic E-state index is 13.3. The molecule has 5 aromatic rings. The van der Waals surface area contributed by atoms with E-state index in [-0.39, 0.29) is 41.7 Å². The van der Waals surface area contributed by atoms with Crippen LogP contribution in [0, 0.1) is 0 Å². The van der Waals surface area contributed by atoms with Crippen LogP contribution in [0.1, 0.15) is 76.5 Å². The van der Waals surface area contributed by atoms with Gasteiger partial charge in [-0.25, -0.2) is 4.68 Å². The Hall–Kier alpha value is -6.46. The molecule has 1 unspecified atom stereocenters. The maximum atomic E-state index is 13.3. The Bertz CT molecular complexity index is 2580. The Morgan fingerprint density at radius 2 is 1.54 bits per heavy atom. The predicted molar refractivity (Wildman–Crippen MR) is 222 cm³/mol. The van der Waals surface area contributed by atoms with Gasteiger partial charge in [0.15, 0.2) is 0 Å². The lowest BCUT2D eigenvalue weighted by Gasteiger charge is -2.33. The number of hydrogen-bond acceptors (Lipinski definition) is 13. The predicted octanol–water partition coefficient (Wildman–Crippen LogP) is 3.63. The summed E-state index contributed by atoms with van der Waals surface area (Å²) in [6, 6.07) is 10.3. The van der Waals surface area contributed by atoms with Crippen molar-refractivity contribution in [2.45, 2.75) is 69.9 Å². The number of rotatable bonds is 11. The third-order valence-corrected chi connectivity index (χ3v) is 12.5. The normalized spacial score (nSPS) is 19.2. The van der Waals surface area contributed by atoms with Gasteiger partial charge in [0, 0.05) is 76.0 Å². The fourth-order valence-corrected chi connectivity index (χ4v) is 9.10. The van der Waals surface area contributed by atoms with Crippen molar-refractivity contribution in [2.24, 2.45) is 7.05 Å². The van der Waals surface area contributed by atoms with E-state index in [1.165, 1.54) is 0 Å². The van der Waals surface area contributed by atoms with Crippen LogP contribution in [-0.2, 0) is 34.5 Å². The number of nitrogens with one attached hydrogen (secondary N) is 1. The van der Waals surface area contributed by atoms with Gasteiger partial charge in [-0.15, -0.1) is 5.10 Å². The van der Waals surface area contributed by atoms with Gasteiger partial charge in [-0.2, -0.15) is 0 Å². The highest BCUT2D eigenvalue weighted by Crippen LogP contribution is 2.39. The first kappa shape index (κ1) is 40.0. The molecular formula is C44H47N9O8. The Morgan fingerprint density at radius 1 is 0.803 bits per heavy atom. The number of aryl methyl sites for hydroxylation is 1. The van der Waals surface area contributed by atoms with Crippen molar-refractivity contribution in [3.8, 4) is 22.6 Å². The zero-order valence-corrected chi connectivity index (χ0v) is 34.3. The first-order valence-electron chi connectivity index (χ1n) is 20.6. The number of carbonyl (C=O) groups is 4. The minimum absolute atomic E-state index is 0.0337. The van der Waals surface area contributed by atoms with Crippen molar-refractivity contribution in [2.75, 3.05) is 45.3 Å². The second-order valence-electron chi connectivity index (χ2n) is 16.1. The SMILES string of the molecule is COc1cc(-c2cn(C)c(=O)c3cnccc23)cc(OC)c1CN1CCC(n2cc(COC3CCN(c4ccc5c(c4)C(=O)N(C4CCC(=O)NC4=O)C5=O)CC3)nn2)CC1. The van der Waals surface area contributed by atoms with Crippen molar-refractivity contribution >= 4 is 40.1 Å². The standard InChI is InChI=1S/C44H47N9O8/c1-49-23-35(31-8-13-45-21-34(31)42(49)56)26-18-38(59-2)36(39(19-26)60-3)24-50-14-9-28(10-15-50)52-22-27(47-48-52)25-61-30-11-16-51(17-12-30)29-4-5-32-33(20-29)44(58)53(43(32)57)37-6-7-40(54)46-41(37)55/h4-5,8,13,18-23,28,30,37H,6-7,9-12,14-17,24-25H2,1-3H3,(H,46,54,55). The molecule has 9 rings (SSSR count). The van der Waals surface area contributed by atoms with Gasteiger partial charge < -0.3 is 23.7 Å². The molecule has 4 amide bonds. The highest BCUT2D eigenvalue weighted by Gasteiger charge is 2.45. The molecule has 7 heterocycles. The molecule has 0 spiro atoms. The highest BCUT2D eigenvalue weighted by molar-refractivity contribution is 6.23. The second kappa shape index (κ2) is 16.5. The molecule has 3 fully saturated rings. The van der Waals surface area contributed by atoms with Gasteiger partial charge in [-0.3, -0.25) is 44.1 Å². The average Bonchev–Trinajstić information content (AvgIpc) is 3.86. The molecule has 316 valence electrons. The van der Waals surface area contributed by atoms with Crippen LogP contribution in [0.3, 0.4) is 0 Å². The summed E-state index contributed by atoms with van der Waals surface area (Å²) in [6.45, 7) is 4.14. The minimum Gasteiger partial charge on any atom is -0.496 e. The number of fused-ring (bicyclic) bond motifs is 2. The van der Waals surface area contributed by atoms with Gasteiger partial charge in [-0.05, 0) is 79.5 Å². The molecule has 0 bridgehead atoms. The average molecular weight is 830 g/mol. The molecule has 1 atom stereocenters. The molecule has 17 nitrogen and oxygen atoms in total. The summed E-state index contributed by atoms with van der Waals surface area (Å²) in [5.41, 5.74) is 4.80. The van der Waals surface area contributed by atoms with Crippen LogP contribution in [0.5, 0.6) is 11.5 Å². The summed E-state index contributed by atoms with van der Waals surface area (Å²) < 4.78 is 21.7. The molecule has 2 aromatic carbocycles. The molecule has 0 saturated carbocycles. The zero-order valence-electron chi connectivity index (χ0n) is 34.3. The largest absolute Gasteiger partial charge is 0.496 e. The first-order chi connectivity index (χ1) is 29.6. The number of likely N-dealkylation sites (tertiary alicyclic amines) is 1. The van der Waals surface area contributed by atoms with E-state index in [1.807, 2.05) is 41.3 Å². The fraction of sp³-hybridized carbons (Fsp3) is 0.409. The molecule has 3 saturated heterocycles. The summed E-state index contributed by atoms with van der Waals surface area (Å²) in [6.07, 6.45) is 10.7. The van der Waals surface area contributed by atoms with Gasteiger partial charge in [0.25, 0.3) is 17.4 Å². The van der Waals surface area contributed by atoms with Crippen molar-refractivity contribution in [3.05, 3.63) is 93.9 Å². The fourth-order valence-electron chi connectivity index (χ4n) is 9.10. The van der Waals surface area contributed by atoms with Gasteiger partial charge in [0.05, 0.1) is 61.2 Å². The van der Waals surface area contributed by atoms with Gasteiger partial charge in [0.2, 0.25) is 11.8 Å². The summed E-state index contributed by atoms with van der Waals surface area (Å²) >= 11 is 0. The number of benzene rings is 2. The Labute approximate surface area is 351 Å². The van der Waals surface area contributed by atoms with Crippen molar-refractivity contribution in [1.29, 1.82) is 0 Å². The zero-order chi connectivity index (χ0) is 42.4. The number of nitrogens with zero attached hydrogens (tertiary/aromatic N) is 8. The van der Waals surface area contributed by atoms with E-state index >= 15 is 0 Å². The number of piperidine rings is 3. The number of methoxy groups -OCH3 is 2. The number of pyridine rings is 2. The van der Waals surface area contributed by atoms with Crippen LogP contribution in [0.4, 0.5) is 5.69 Å². The molecular weight excluding hydrogens is 783 g/mol. The second-order valence-corrected chi connectivity index (χ2v) is 16.1. The van der Waals surface area contributed by atoms with Crippen LogP contribution in [0.25, 0.3) is 21.9 Å². The van der Waals surface area contributed by atoms with Crippen molar-refractivity contribution in [3.63, 3.8) is 0 Å². The van der Waals surface area contributed by atoms with Crippen LogP contribution >= 0.6 is 0 Å². The van der Waals surface area contributed by atoms with Crippen LogP contribution in [0.2, 0.25) is 0 Å². The Kier molecular flexibility index (Phi) is 10.8. The van der Waals surface area contributed by atoms with Gasteiger partial charge >= 0.3 is 0 Å². The van der Waals surface area contributed by atoms with Gasteiger partial charge in [-0.1, -0.05) is 5.21 Å². The van der Waals surface area contributed by atoms with Crippen LogP contribution in [0.15, 0.2) is 66.0 Å². The minimum atomic E-state index is -0.991. The molecule has 0 radical (unpaired) electrons. The third kappa shape index (κ3) is 7.63. The molecule has 1 N–H and O–H groups in total. The van der Waals surface area contributed by atoms with E-state index in [1.54, 1.807) is 50.4 Å². The smallest absolute Gasteiger partial charge is 0.262 e. The molecule has 4 aliphatic heterocycles. The first-order valence-corrected chi connectivity index (χ1v) is 20.6. The van der Waals surface area contributed by atoms with Crippen LogP contribution in [-0.4, -0.2) is 111 Å². The molecule has 4 aliphatic rings. The van der Waals surface area contributed by atoms with Crippen molar-refractivity contribution in [1.82, 2.24) is 39.7 Å². The van der Waals surface area contributed by atoms with Gasteiger partial charge in [0.1, 0.15) is 23.2 Å². The van der Waals surface area contributed by atoms with Crippen molar-refractivity contribution < 1.29 is 33.4 Å². The van der Waals surface area contributed by atoms with E-state index < -0.39 is 29.7 Å². The molecule has 0 aliphatic carbocycles. The number of anilines is 1. The number of ether oxygens (including phenoxy) is 3. The summed E-state index contributed by atoms with van der Waals surface area (Å²) in [7, 11) is 5.07. The highest BCUT2D eigenvalue weighted by atomic mass is 16.5. The monoisotopic (exact) mass is 829 g/mol. The molecule has 3 aromatic heterocycles. The maximum Gasteiger partial charge on any atom is 0.262 e. The molecule has 17 heteroatoms. The number of amides is 4. The third-order valence-electron chi connectivity index (χ3n) is 12.5. The summed E-state index contributed by atoms with van der Waals surface area (Å²) in [5, 5.41) is 12.5. The lowest BCUT2D eigenvalue weighted by Crippen LogP contribution is -2.54. The quantitative estimate of drug-likeness (QED) is 0.191. The number of aromatic nitrogens is 5. The van der Waals surface area contributed by atoms with E-state index in [9.17, 15) is 24.0 Å². The lowest BCUT2D eigenvalue weighted by atomic mass is 9.98. The Morgan fingerprint density at radius 3 is 2.26 bits per heavy atom. The van der Waals surface area contributed by atoms with Crippen LogP contribution < -0.4 is 25.2 Å². The van der Waals surface area contributed by atoms with E-state index in [0.29, 0.717) is 31.6 Å².